The van der Waals surface area contributed by atoms with Crippen molar-refractivity contribution in [2.75, 3.05) is 15.9 Å². The van der Waals surface area contributed by atoms with Crippen molar-refractivity contribution in [3.63, 3.8) is 0 Å². The number of aryl methyl sites for hydroxylation is 2. The molecule has 2 atom stereocenters. The molecule has 1 saturated heterocycles. The summed E-state index contributed by atoms with van der Waals surface area (Å²) in [6, 6.07) is 19.4. The topological polar surface area (TPSA) is 79.3 Å². The van der Waals surface area contributed by atoms with Crippen LogP contribution in [-0.2, 0) is 10.0 Å². The maximum Gasteiger partial charge on any atom is 0.229 e. The highest BCUT2D eigenvalue weighted by Crippen LogP contribution is 2.44. The second kappa shape index (κ2) is 9.85. The molecule has 0 aliphatic carbocycles. The van der Waals surface area contributed by atoms with Crippen LogP contribution in [0.25, 0.3) is 5.69 Å². The van der Waals surface area contributed by atoms with Crippen molar-refractivity contribution in [1.82, 2.24) is 14.9 Å². The second-order valence-electron chi connectivity index (χ2n) is 9.51. The summed E-state index contributed by atoms with van der Waals surface area (Å²) in [5.41, 5.74) is 6.89. The van der Waals surface area contributed by atoms with Gasteiger partial charge in [0.2, 0.25) is 10.0 Å². The number of nitrogens with zero attached hydrogens (tertiary/aromatic N) is 3. The highest BCUT2D eigenvalue weighted by molar-refractivity contribution is 7.92. The molecule has 0 radical (unpaired) electrons. The van der Waals surface area contributed by atoms with E-state index in [9.17, 15) is 12.8 Å². The van der Waals surface area contributed by atoms with E-state index in [0.29, 0.717) is 10.8 Å². The zero-order valence-electron chi connectivity index (χ0n) is 21.4. The third-order valence-electron chi connectivity index (χ3n) is 6.76. The summed E-state index contributed by atoms with van der Waals surface area (Å²) in [5.74, 6) is -0.285. The first kappa shape index (κ1) is 25.9. The van der Waals surface area contributed by atoms with Crippen LogP contribution in [0.4, 0.5) is 15.8 Å². The van der Waals surface area contributed by atoms with Crippen molar-refractivity contribution in [1.29, 1.82) is 0 Å². The number of benzene rings is 2. The van der Waals surface area contributed by atoms with Crippen LogP contribution >= 0.6 is 12.2 Å². The van der Waals surface area contributed by atoms with E-state index in [-0.39, 0.29) is 17.9 Å². The Labute approximate surface area is 227 Å². The van der Waals surface area contributed by atoms with E-state index in [2.05, 4.69) is 30.6 Å². The zero-order chi connectivity index (χ0) is 27.2. The first-order valence-corrected chi connectivity index (χ1v) is 14.4. The summed E-state index contributed by atoms with van der Waals surface area (Å²) < 4.78 is 41.9. The van der Waals surface area contributed by atoms with Crippen molar-refractivity contribution in [3.8, 4) is 5.69 Å². The Morgan fingerprint density at radius 2 is 1.71 bits per heavy atom. The molecule has 0 amide bonds. The fourth-order valence-electron chi connectivity index (χ4n) is 5.14. The summed E-state index contributed by atoms with van der Waals surface area (Å²) in [6.45, 7) is 5.93. The van der Waals surface area contributed by atoms with Crippen molar-refractivity contribution < 1.29 is 12.8 Å². The summed E-state index contributed by atoms with van der Waals surface area (Å²) in [5, 5.41) is 4.01. The van der Waals surface area contributed by atoms with Crippen LogP contribution in [0.1, 0.15) is 40.3 Å². The molecule has 1 fully saturated rings. The van der Waals surface area contributed by atoms with Crippen LogP contribution < -0.4 is 14.9 Å². The van der Waals surface area contributed by atoms with Gasteiger partial charge in [-0.1, -0.05) is 6.07 Å². The van der Waals surface area contributed by atoms with E-state index in [1.807, 2.05) is 51.1 Å². The minimum absolute atomic E-state index is 0.236. The highest BCUT2D eigenvalue weighted by atomic mass is 32.2. The number of nitrogens with one attached hydrogen (secondary N) is 2. The highest BCUT2D eigenvalue weighted by Gasteiger charge is 2.42. The molecule has 0 bridgehead atoms. The van der Waals surface area contributed by atoms with Gasteiger partial charge in [0.25, 0.3) is 0 Å². The monoisotopic (exact) mass is 549 g/mol. The molecule has 0 unspecified atom stereocenters. The fourth-order valence-corrected chi connectivity index (χ4v) is 6.11. The second-order valence-corrected chi connectivity index (χ2v) is 11.6. The van der Waals surface area contributed by atoms with Crippen molar-refractivity contribution >= 4 is 38.7 Å². The number of halogens is 1. The number of hydrogen-bond acceptors (Lipinski definition) is 4. The molecule has 2 aromatic heterocycles. The fraction of sp³-hybridized carbons (Fsp3) is 0.214. The number of anilines is 2. The lowest BCUT2D eigenvalue weighted by Gasteiger charge is -2.29. The Morgan fingerprint density at radius 1 is 1.00 bits per heavy atom. The van der Waals surface area contributed by atoms with Gasteiger partial charge in [-0.3, -0.25) is 9.71 Å². The molecule has 3 heterocycles. The van der Waals surface area contributed by atoms with E-state index in [1.54, 1.807) is 24.4 Å². The predicted molar refractivity (Wildman–Crippen MR) is 153 cm³/mol. The Morgan fingerprint density at radius 3 is 2.34 bits per heavy atom. The summed E-state index contributed by atoms with van der Waals surface area (Å²) in [6.07, 6.45) is 2.89. The Kier molecular flexibility index (Phi) is 6.70. The average molecular weight is 550 g/mol. The minimum Gasteiger partial charge on any atom is -0.351 e. The van der Waals surface area contributed by atoms with Crippen LogP contribution in [-0.4, -0.2) is 29.3 Å². The summed E-state index contributed by atoms with van der Waals surface area (Å²) in [7, 11) is -3.41. The van der Waals surface area contributed by atoms with Crippen LogP contribution in [0.2, 0.25) is 0 Å². The van der Waals surface area contributed by atoms with Gasteiger partial charge in [-0.25, -0.2) is 12.8 Å². The van der Waals surface area contributed by atoms with E-state index >= 15 is 0 Å². The van der Waals surface area contributed by atoms with Crippen LogP contribution in [0.3, 0.4) is 0 Å². The average Bonchev–Trinajstić information content (AvgIpc) is 3.36. The number of aromatic nitrogens is 2. The molecule has 1 aliphatic heterocycles. The molecule has 4 aromatic rings. The van der Waals surface area contributed by atoms with Gasteiger partial charge in [-0.15, -0.1) is 0 Å². The van der Waals surface area contributed by atoms with Gasteiger partial charge in [-0.2, -0.15) is 0 Å². The number of rotatable bonds is 6. The van der Waals surface area contributed by atoms with Crippen LogP contribution in [0, 0.1) is 26.6 Å². The smallest absolute Gasteiger partial charge is 0.229 e. The number of pyridine rings is 1. The Hall–Kier alpha value is -3.76. The molecule has 1 aliphatic rings. The molecular weight excluding hydrogens is 521 g/mol. The van der Waals surface area contributed by atoms with Crippen molar-refractivity contribution in [3.05, 3.63) is 107 Å². The van der Waals surface area contributed by atoms with Gasteiger partial charge in [0.1, 0.15) is 5.82 Å². The van der Waals surface area contributed by atoms with Gasteiger partial charge >= 0.3 is 0 Å². The maximum atomic E-state index is 13.6. The lowest BCUT2D eigenvalue weighted by molar-refractivity contribution is 0.565. The molecule has 10 heteroatoms. The van der Waals surface area contributed by atoms with Gasteiger partial charge in [0, 0.05) is 29.0 Å². The van der Waals surface area contributed by atoms with Crippen LogP contribution in [0.15, 0.2) is 72.9 Å². The number of thiocarbonyl (C=S) groups is 1. The number of sulfonamides is 1. The van der Waals surface area contributed by atoms with Gasteiger partial charge in [-0.05, 0) is 105 Å². The zero-order valence-corrected chi connectivity index (χ0v) is 23.1. The summed E-state index contributed by atoms with van der Waals surface area (Å²) >= 11 is 5.86. The van der Waals surface area contributed by atoms with Crippen LogP contribution in [0.5, 0.6) is 0 Å². The maximum absolute atomic E-state index is 13.6. The molecule has 0 spiro atoms. The molecule has 0 saturated carbocycles. The first-order valence-electron chi connectivity index (χ1n) is 12.1. The van der Waals surface area contributed by atoms with E-state index in [1.165, 1.54) is 12.1 Å². The summed E-state index contributed by atoms with van der Waals surface area (Å²) in [4.78, 5) is 6.68. The van der Waals surface area contributed by atoms with Crippen molar-refractivity contribution in [2.45, 2.75) is 32.9 Å². The first-order chi connectivity index (χ1) is 18.0. The van der Waals surface area contributed by atoms with Gasteiger partial charge < -0.3 is 14.8 Å². The predicted octanol–water partition coefficient (Wildman–Crippen LogP) is 5.49. The SMILES string of the molecule is Cc1cc(N2C(=S)N[C@@H](c3ccccn3)[C@H]2c2cc(C)n(-c3ccc(F)cc3)c2C)ccc1NS(C)(=O)=O. The Bertz CT molecular complexity index is 1620. The lowest BCUT2D eigenvalue weighted by atomic mass is 9.96. The number of hydrogen-bond donors (Lipinski definition) is 2. The molecule has 2 N–H and O–H groups in total. The molecule has 7 nitrogen and oxygen atoms in total. The molecule has 5 rings (SSSR count). The molecule has 2 aromatic carbocycles. The van der Waals surface area contributed by atoms with E-state index in [4.69, 9.17) is 12.2 Å². The normalized spacial score (nSPS) is 17.5. The lowest BCUT2D eigenvalue weighted by Crippen LogP contribution is -2.29. The molecular formula is C28H28FN5O2S2. The third-order valence-corrected chi connectivity index (χ3v) is 7.66. The van der Waals surface area contributed by atoms with Crippen molar-refractivity contribution in [2.24, 2.45) is 0 Å². The third kappa shape index (κ3) is 4.89. The Balaban J connectivity index is 1.65. The molecule has 196 valence electrons. The minimum atomic E-state index is -3.41. The van der Waals surface area contributed by atoms with Gasteiger partial charge in [0.05, 0.1) is 29.7 Å². The largest absolute Gasteiger partial charge is 0.351 e. The van der Waals surface area contributed by atoms with E-state index in [0.717, 1.165) is 45.8 Å². The van der Waals surface area contributed by atoms with E-state index < -0.39 is 10.0 Å². The van der Waals surface area contributed by atoms with Gasteiger partial charge in [0.15, 0.2) is 5.11 Å². The standard InChI is InChI=1S/C28H28FN5O2S2/c1-17-15-22(12-13-24(17)32-38(4,35)36)34-27(26(31-28(34)37)25-7-5-6-14-30-25)23-16-18(2)33(19(23)3)21-10-8-20(29)9-11-21/h5-16,26-27,32H,1-4H3,(H,31,37)/t26-,27+/m0/s1. The quantitative estimate of drug-likeness (QED) is 0.310. The molecule has 38 heavy (non-hydrogen) atoms.